The fourth-order valence-corrected chi connectivity index (χ4v) is 2.11. The average Bonchev–Trinajstić information content (AvgIpc) is 2.42. The third-order valence-electron chi connectivity index (χ3n) is 2.59. The second kappa shape index (κ2) is 6.83. The molecule has 110 valence electrons. The maximum atomic E-state index is 12.9. The summed E-state index contributed by atoms with van der Waals surface area (Å²) in [5.74, 6) is -0.0953. The number of aliphatic imine (C=N–C) groups is 1. The summed E-state index contributed by atoms with van der Waals surface area (Å²) < 4.78 is 12.9. The summed E-state index contributed by atoms with van der Waals surface area (Å²) >= 11 is 12.3. The lowest BCUT2D eigenvalue weighted by molar-refractivity contribution is 0.627. The summed E-state index contributed by atoms with van der Waals surface area (Å²) in [6, 6.07) is 6.10. The first-order valence-electron chi connectivity index (χ1n) is 6.12. The lowest BCUT2D eigenvalue weighted by Gasteiger charge is -2.07. The highest BCUT2D eigenvalue weighted by Crippen LogP contribution is 2.26. The minimum absolute atomic E-state index is 0.196. The zero-order valence-electron chi connectivity index (χ0n) is 11.5. The van der Waals surface area contributed by atoms with Gasteiger partial charge in [0.1, 0.15) is 16.1 Å². The van der Waals surface area contributed by atoms with Crippen LogP contribution in [-0.4, -0.2) is 35.3 Å². The number of rotatable bonds is 4. The van der Waals surface area contributed by atoms with Crippen LogP contribution in [0.25, 0.3) is 0 Å². The molecule has 0 bridgehead atoms. The molecule has 0 aliphatic rings. The number of hydrogen-bond donors (Lipinski definition) is 0. The van der Waals surface area contributed by atoms with Crippen LogP contribution in [-0.2, 0) is 6.42 Å². The van der Waals surface area contributed by atoms with Crippen molar-refractivity contribution in [3.8, 4) is 0 Å². The van der Waals surface area contributed by atoms with Crippen molar-refractivity contribution in [2.45, 2.75) is 6.42 Å². The SMILES string of the molecule is CN(C)/C=N/c1nc(Cl)c(Cc2ccc(F)cc2)c(Cl)n1. The fraction of sp³-hybridized carbons (Fsp3) is 0.214. The second-order valence-corrected chi connectivity index (χ2v) is 5.31. The van der Waals surface area contributed by atoms with E-state index in [9.17, 15) is 4.39 Å². The number of hydrogen-bond acceptors (Lipinski definition) is 3. The van der Waals surface area contributed by atoms with E-state index in [0.29, 0.717) is 12.0 Å². The third kappa shape index (κ3) is 4.37. The fourth-order valence-electron chi connectivity index (χ4n) is 1.60. The number of halogens is 3. The molecule has 0 aliphatic heterocycles. The molecule has 0 fully saturated rings. The molecule has 1 heterocycles. The van der Waals surface area contributed by atoms with Gasteiger partial charge >= 0.3 is 0 Å². The maximum absolute atomic E-state index is 12.9. The summed E-state index contributed by atoms with van der Waals surface area (Å²) in [4.78, 5) is 14.0. The first-order chi connectivity index (χ1) is 9.95. The molecule has 21 heavy (non-hydrogen) atoms. The highest BCUT2D eigenvalue weighted by Gasteiger charge is 2.12. The Hall–Kier alpha value is -1.72. The lowest BCUT2D eigenvalue weighted by Crippen LogP contribution is -2.07. The van der Waals surface area contributed by atoms with Crippen molar-refractivity contribution >= 4 is 35.5 Å². The van der Waals surface area contributed by atoms with Gasteiger partial charge in [0.2, 0.25) is 0 Å². The van der Waals surface area contributed by atoms with Crippen molar-refractivity contribution in [3.05, 3.63) is 51.5 Å². The lowest BCUT2D eigenvalue weighted by atomic mass is 10.1. The van der Waals surface area contributed by atoms with Gasteiger partial charge in [-0.05, 0) is 17.7 Å². The van der Waals surface area contributed by atoms with E-state index in [2.05, 4.69) is 15.0 Å². The van der Waals surface area contributed by atoms with Crippen LogP contribution in [0.15, 0.2) is 29.3 Å². The maximum Gasteiger partial charge on any atom is 0.253 e. The molecule has 1 aromatic heterocycles. The van der Waals surface area contributed by atoms with Crippen LogP contribution < -0.4 is 0 Å². The topological polar surface area (TPSA) is 41.4 Å². The molecule has 7 heteroatoms. The zero-order chi connectivity index (χ0) is 15.4. The van der Waals surface area contributed by atoms with E-state index in [1.54, 1.807) is 23.4 Å². The second-order valence-electron chi connectivity index (χ2n) is 4.60. The van der Waals surface area contributed by atoms with Gasteiger partial charge in [-0.3, -0.25) is 0 Å². The molecule has 0 N–H and O–H groups in total. The molecular weight excluding hydrogens is 314 g/mol. The van der Waals surface area contributed by atoms with Crippen LogP contribution in [0.1, 0.15) is 11.1 Å². The van der Waals surface area contributed by atoms with Crippen molar-refractivity contribution in [1.82, 2.24) is 14.9 Å². The number of benzene rings is 1. The summed E-state index contributed by atoms with van der Waals surface area (Å²) in [5, 5.41) is 0.482. The van der Waals surface area contributed by atoms with Gasteiger partial charge in [-0.2, -0.15) is 9.97 Å². The highest BCUT2D eigenvalue weighted by molar-refractivity contribution is 6.34. The van der Waals surface area contributed by atoms with Crippen molar-refractivity contribution in [1.29, 1.82) is 0 Å². The van der Waals surface area contributed by atoms with Gasteiger partial charge in [-0.1, -0.05) is 35.3 Å². The monoisotopic (exact) mass is 326 g/mol. The van der Waals surface area contributed by atoms with Crippen molar-refractivity contribution in [2.75, 3.05) is 14.1 Å². The minimum Gasteiger partial charge on any atom is -0.369 e. The number of aromatic nitrogens is 2. The Labute approximate surface area is 132 Å². The molecule has 4 nitrogen and oxygen atoms in total. The molecule has 1 aromatic carbocycles. The van der Waals surface area contributed by atoms with Crippen LogP contribution in [0.2, 0.25) is 10.3 Å². The predicted octanol–water partition coefficient (Wildman–Crippen LogP) is 3.73. The van der Waals surface area contributed by atoms with Crippen LogP contribution >= 0.6 is 23.2 Å². The Morgan fingerprint density at radius 3 is 2.24 bits per heavy atom. The van der Waals surface area contributed by atoms with Crippen LogP contribution in [0.5, 0.6) is 0 Å². The summed E-state index contributed by atoms with van der Waals surface area (Å²) in [7, 11) is 3.66. The Morgan fingerprint density at radius 1 is 1.14 bits per heavy atom. The molecular formula is C14H13Cl2FN4. The largest absolute Gasteiger partial charge is 0.369 e. The average molecular weight is 327 g/mol. The predicted molar refractivity (Wildman–Crippen MR) is 83.1 cm³/mol. The van der Waals surface area contributed by atoms with Gasteiger partial charge in [0, 0.05) is 26.1 Å². The quantitative estimate of drug-likeness (QED) is 0.488. The Balaban J connectivity index is 2.26. The van der Waals surface area contributed by atoms with E-state index in [1.807, 2.05) is 14.1 Å². The van der Waals surface area contributed by atoms with Crippen molar-refractivity contribution in [3.63, 3.8) is 0 Å². The third-order valence-corrected chi connectivity index (χ3v) is 3.22. The summed E-state index contributed by atoms with van der Waals surface area (Å²) in [6.45, 7) is 0. The van der Waals surface area contributed by atoms with E-state index >= 15 is 0 Å². The molecule has 0 spiro atoms. The van der Waals surface area contributed by atoms with E-state index in [-0.39, 0.29) is 22.1 Å². The van der Waals surface area contributed by atoms with Gasteiger partial charge in [0.25, 0.3) is 5.95 Å². The Morgan fingerprint density at radius 2 is 1.71 bits per heavy atom. The summed E-state index contributed by atoms with van der Waals surface area (Å²) in [6.07, 6.45) is 1.98. The van der Waals surface area contributed by atoms with E-state index < -0.39 is 0 Å². The molecule has 2 aromatic rings. The van der Waals surface area contributed by atoms with Gasteiger partial charge in [-0.15, -0.1) is 0 Å². The van der Waals surface area contributed by atoms with E-state index in [0.717, 1.165) is 5.56 Å². The van der Waals surface area contributed by atoms with Crippen LogP contribution in [0.3, 0.4) is 0 Å². The highest BCUT2D eigenvalue weighted by atomic mass is 35.5. The van der Waals surface area contributed by atoms with Crippen molar-refractivity contribution < 1.29 is 4.39 Å². The smallest absolute Gasteiger partial charge is 0.253 e. The first kappa shape index (κ1) is 15.7. The molecule has 0 unspecified atom stereocenters. The van der Waals surface area contributed by atoms with Gasteiger partial charge in [-0.25, -0.2) is 9.38 Å². The van der Waals surface area contributed by atoms with Gasteiger partial charge < -0.3 is 4.90 Å². The Bertz CT molecular complexity index is 634. The van der Waals surface area contributed by atoms with Crippen LogP contribution in [0, 0.1) is 5.82 Å². The number of nitrogens with zero attached hydrogens (tertiary/aromatic N) is 4. The normalized spacial score (nSPS) is 11.1. The minimum atomic E-state index is -0.291. The standard InChI is InChI=1S/C14H13Cl2FN4/c1-21(2)8-18-14-19-12(15)11(13(16)20-14)7-9-3-5-10(17)6-4-9/h3-6,8H,7H2,1-2H3/b18-8+. The molecule has 0 saturated heterocycles. The molecule has 2 rings (SSSR count). The van der Waals surface area contributed by atoms with Gasteiger partial charge in [0.15, 0.2) is 0 Å². The molecule has 0 amide bonds. The van der Waals surface area contributed by atoms with E-state index in [1.165, 1.54) is 12.1 Å². The van der Waals surface area contributed by atoms with Gasteiger partial charge in [0.05, 0.1) is 6.34 Å². The van der Waals surface area contributed by atoms with E-state index in [4.69, 9.17) is 23.2 Å². The molecule has 0 saturated carbocycles. The summed E-state index contributed by atoms with van der Waals surface area (Å²) in [5.41, 5.74) is 1.46. The van der Waals surface area contributed by atoms with Crippen molar-refractivity contribution in [2.24, 2.45) is 4.99 Å². The molecule has 0 aliphatic carbocycles. The van der Waals surface area contributed by atoms with Crippen LogP contribution in [0.4, 0.5) is 10.3 Å². The molecule has 0 atom stereocenters. The first-order valence-corrected chi connectivity index (χ1v) is 6.88. The molecule has 0 radical (unpaired) electrons. The Kier molecular flexibility index (Phi) is 5.09. The zero-order valence-corrected chi connectivity index (χ0v) is 13.0.